The van der Waals surface area contributed by atoms with Gasteiger partial charge in [-0.2, -0.15) is 0 Å². The van der Waals surface area contributed by atoms with Crippen LogP contribution in [0.2, 0.25) is 0 Å². The number of carboxylic acids is 1. The number of benzene rings is 1. The predicted molar refractivity (Wildman–Crippen MR) is 77.7 cm³/mol. The van der Waals surface area contributed by atoms with Crippen LogP contribution in [0.3, 0.4) is 0 Å². The SMILES string of the molecule is O=C(O)c1ccccc1CC12CC3CC(CC(C3)C1)C2. The van der Waals surface area contributed by atoms with Crippen molar-refractivity contribution >= 4 is 5.97 Å². The lowest BCUT2D eigenvalue weighted by molar-refractivity contribution is -0.0522. The van der Waals surface area contributed by atoms with Crippen LogP contribution in [0.5, 0.6) is 0 Å². The van der Waals surface area contributed by atoms with E-state index in [-0.39, 0.29) is 0 Å². The van der Waals surface area contributed by atoms with Gasteiger partial charge in [-0.15, -0.1) is 0 Å². The van der Waals surface area contributed by atoms with E-state index in [9.17, 15) is 9.90 Å². The summed E-state index contributed by atoms with van der Waals surface area (Å²) >= 11 is 0. The largest absolute Gasteiger partial charge is 0.478 e. The Morgan fingerprint density at radius 1 is 1.05 bits per heavy atom. The van der Waals surface area contributed by atoms with Crippen LogP contribution in [0.15, 0.2) is 24.3 Å². The van der Waals surface area contributed by atoms with Crippen LogP contribution in [0.25, 0.3) is 0 Å². The standard InChI is InChI=1S/C18H22O2/c19-17(20)16-4-2-1-3-15(16)11-18-8-12-5-13(9-18)7-14(6-12)10-18/h1-4,12-14H,5-11H2,(H,19,20). The van der Waals surface area contributed by atoms with Crippen LogP contribution in [0, 0.1) is 23.2 Å². The fraction of sp³-hybridized carbons (Fsp3) is 0.611. The number of rotatable bonds is 3. The minimum atomic E-state index is -0.773. The molecule has 0 spiro atoms. The monoisotopic (exact) mass is 270 g/mol. The molecule has 4 aliphatic rings. The van der Waals surface area contributed by atoms with Crippen molar-refractivity contribution in [2.45, 2.75) is 44.9 Å². The molecule has 5 rings (SSSR count). The molecular formula is C18H22O2. The summed E-state index contributed by atoms with van der Waals surface area (Å²) in [4.78, 5) is 11.4. The maximum absolute atomic E-state index is 11.4. The summed E-state index contributed by atoms with van der Waals surface area (Å²) in [6.45, 7) is 0. The van der Waals surface area contributed by atoms with E-state index >= 15 is 0 Å². The summed E-state index contributed by atoms with van der Waals surface area (Å²) in [5.74, 6) is 2.01. The van der Waals surface area contributed by atoms with Crippen LogP contribution in [-0.2, 0) is 6.42 Å². The Hall–Kier alpha value is -1.31. The van der Waals surface area contributed by atoms with Gasteiger partial charge in [0.05, 0.1) is 5.56 Å². The van der Waals surface area contributed by atoms with E-state index in [2.05, 4.69) is 0 Å². The second-order valence-electron chi connectivity index (χ2n) is 7.56. The highest BCUT2D eigenvalue weighted by Gasteiger charge is 2.50. The van der Waals surface area contributed by atoms with Gasteiger partial charge < -0.3 is 5.11 Å². The fourth-order valence-electron chi connectivity index (χ4n) is 5.79. The molecule has 4 bridgehead atoms. The van der Waals surface area contributed by atoms with Crippen LogP contribution in [0.4, 0.5) is 0 Å². The van der Waals surface area contributed by atoms with Crippen molar-refractivity contribution in [1.29, 1.82) is 0 Å². The quantitative estimate of drug-likeness (QED) is 0.896. The normalized spacial score (nSPS) is 38.1. The van der Waals surface area contributed by atoms with Gasteiger partial charge >= 0.3 is 5.97 Å². The third kappa shape index (κ3) is 1.97. The van der Waals surface area contributed by atoms with Gasteiger partial charge in [-0.1, -0.05) is 18.2 Å². The number of aromatic carboxylic acids is 1. The molecule has 1 aromatic carbocycles. The molecule has 20 heavy (non-hydrogen) atoms. The van der Waals surface area contributed by atoms with Crippen LogP contribution >= 0.6 is 0 Å². The summed E-state index contributed by atoms with van der Waals surface area (Å²) in [6, 6.07) is 7.62. The summed E-state index contributed by atoms with van der Waals surface area (Å²) in [7, 11) is 0. The zero-order valence-electron chi connectivity index (χ0n) is 11.8. The van der Waals surface area contributed by atoms with Crippen molar-refractivity contribution in [3.63, 3.8) is 0 Å². The number of hydrogen-bond donors (Lipinski definition) is 1. The Labute approximate surface area is 120 Å². The molecule has 106 valence electrons. The molecule has 4 aliphatic carbocycles. The Balaban J connectivity index is 1.64. The summed E-state index contributed by atoms with van der Waals surface area (Å²) in [5, 5.41) is 9.38. The lowest BCUT2D eigenvalue weighted by atomic mass is 9.48. The molecule has 1 aromatic rings. The van der Waals surface area contributed by atoms with Crippen LogP contribution in [0.1, 0.15) is 54.4 Å². The zero-order chi connectivity index (χ0) is 13.7. The number of carboxylic acid groups (broad SMARTS) is 1. The molecule has 0 aromatic heterocycles. The molecule has 2 heteroatoms. The van der Waals surface area contributed by atoms with E-state index in [1.165, 1.54) is 38.5 Å². The number of carbonyl (C=O) groups is 1. The van der Waals surface area contributed by atoms with Gasteiger partial charge in [-0.05, 0) is 79.7 Å². The maximum Gasteiger partial charge on any atom is 0.335 e. The van der Waals surface area contributed by atoms with E-state index < -0.39 is 5.97 Å². The molecule has 0 aliphatic heterocycles. The highest BCUT2D eigenvalue weighted by atomic mass is 16.4. The number of hydrogen-bond acceptors (Lipinski definition) is 1. The molecule has 4 saturated carbocycles. The molecule has 4 fully saturated rings. The van der Waals surface area contributed by atoms with E-state index in [0.29, 0.717) is 11.0 Å². The third-order valence-corrected chi connectivity index (χ3v) is 5.98. The average Bonchev–Trinajstić information content (AvgIpc) is 2.36. The van der Waals surface area contributed by atoms with Gasteiger partial charge in [0.2, 0.25) is 0 Å². The maximum atomic E-state index is 11.4. The van der Waals surface area contributed by atoms with Crippen LogP contribution in [-0.4, -0.2) is 11.1 Å². The van der Waals surface area contributed by atoms with E-state index in [4.69, 9.17) is 0 Å². The van der Waals surface area contributed by atoms with Gasteiger partial charge in [0.25, 0.3) is 0 Å². The van der Waals surface area contributed by atoms with E-state index in [1.54, 1.807) is 6.07 Å². The van der Waals surface area contributed by atoms with Gasteiger partial charge in [0.1, 0.15) is 0 Å². The molecular weight excluding hydrogens is 248 g/mol. The molecule has 0 heterocycles. The van der Waals surface area contributed by atoms with Crippen molar-refractivity contribution in [3.05, 3.63) is 35.4 Å². The van der Waals surface area contributed by atoms with E-state index in [0.717, 1.165) is 29.7 Å². The third-order valence-electron chi connectivity index (χ3n) is 5.98. The van der Waals surface area contributed by atoms with Crippen molar-refractivity contribution in [2.75, 3.05) is 0 Å². The minimum absolute atomic E-state index is 0.417. The first-order valence-corrected chi connectivity index (χ1v) is 7.95. The Morgan fingerprint density at radius 2 is 1.60 bits per heavy atom. The first-order chi connectivity index (χ1) is 9.63. The summed E-state index contributed by atoms with van der Waals surface area (Å²) < 4.78 is 0. The van der Waals surface area contributed by atoms with Gasteiger partial charge in [0, 0.05) is 0 Å². The Kier molecular flexibility index (Phi) is 2.70. The molecule has 0 saturated heterocycles. The van der Waals surface area contributed by atoms with Crippen molar-refractivity contribution in [3.8, 4) is 0 Å². The van der Waals surface area contributed by atoms with E-state index in [1.807, 2.05) is 18.2 Å². The molecule has 2 nitrogen and oxygen atoms in total. The summed E-state index contributed by atoms with van der Waals surface area (Å²) in [6.07, 6.45) is 9.34. The highest BCUT2D eigenvalue weighted by Crippen LogP contribution is 2.61. The molecule has 0 radical (unpaired) electrons. The second kappa shape index (κ2) is 4.34. The Morgan fingerprint density at radius 3 is 2.15 bits per heavy atom. The van der Waals surface area contributed by atoms with Crippen molar-refractivity contribution < 1.29 is 9.90 Å². The van der Waals surface area contributed by atoms with Gasteiger partial charge in [-0.3, -0.25) is 0 Å². The average molecular weight is 270 g/mol. The molecule has 0 unspecified atom stereocenters. The lowest BCUT2D eigenvalue weighted by Gasteiger charge is -2.57. The topological polar surface area (TPSA) is 37.3 Å². The van der Waals surface area contributed by atoms with Gasteiger partial charge in [0.15, 0.2) is 0 Å². The fourth-order valence-corrected chi connectivity index (χ4v) is 5.79. The predicted octanol–water partition coefficient (Wildman–Crippen LogP) is 4.14. The molecule has 1 N–H and O–H groups in total. The molecule has 0 amide bonds. The summed E-state index contributed by atoms with van der Waals surface area (Å²) in [5.41, 5.74) is 1.99. The lowest BCUT2D eigenvalue weighted by Crippen LogP contribution is -2.47. The zero-order valence-corrected chi connectivity index (χ0v) is 11.8. The van der Waals surface area contributed by atoms with Crippen molar-refractivity contribution in [1.82, 2.24) is 0 Å². The smallest absolute Gasteiger partial charge is 0.335 e. The highest BCUT2D eigenvalue weighted by molar-refractivity contribution is 5.89. The minimum Gasteiger partial charge on any atom is -0.478 e. The first kappa shape index (κ1) is 12.4. The van der Waals surface area contributed by atoms with Crippen LogP contribution < -0.4 is 0 Å². The first-order valence-electron chi connectivity index (χ1n) is 7.95. The second-order valence-corrected chi connectivity index (χ2v) is 7.56. The Bertz CT molecular complexity index is 511. The van der Waals surface area contributed by atoms with Gasteiger partial charge in [-0.25, -0.2) is 4.79 Å². The molecule has 0 atom stereocenters. The van der Waals surface area contributed by atoms with Crippen molar-refractivity contribution in [2.24, 2.45) is 23.2 Å².